The van der Waals surface area contributed by atoms with Crippen LogP contribution in [0.15, 0.2) is 24.4 Å². The number of nitrogens with one attached hydrogen (secondary N) is 1. The second-order valence-corrected chi connectivity index (χ2v) is 7.71. The quantitative estimate of drug-likeness (QED) is 0.905. The molecule has 2 N–H and O–H groups in total. The van der Waals surface area contributed by atoms with Crippen LogP contribution in [0.25, 0.3) is 5.65 Å². The van der Waals surface area contributed by atoms with Gasteiger partial charge in [-0.25, -0.2) is 4.98 Å². The van der Waals surface area contributed by atoms with Crippen LogP contribution in [0.1, 0.15) is 49.9 Å². The number of imidazole rings is 1. The van der Waals surface area contributed by atoms with Gasteiger partial charge >= 0.3 is 5.97 Å². The molecular formula is C19H25N3O2. The summed E-state index contributed by atoms with van der Waals surface area (Å²) in [6, 6.07) is 6.74. The molecule has 0 saturated heterocycles. The summed E-state index contributed by atoms with van der Waals surface area (Å²) in [5.74, 6) is -0.717. The number of hydrogen-bond acceptors (Lipinski definition) is 3. The molecular weight excluding hydrogens is 302 g/mol. The van der Waals surface area contributed by atoms with Gasteiger partial charge in [0.05, 0.1) is 17.8 Å². The minimum absolute atomic E-state index is 0.108. The van der Waals surface area contributed by atoms with Crippen LogP contribution < -0.4 is 5.32 Å². The van der Waals surface area contributed by atoms with Crippen LogP contribution in [0.3, 0.4) is 0 Å². The van der Waals surface area contributed by atoms with Crippen molar-refractivity contribution in [2.75, 3.05) is 0 Å². The Hall–Kier alpha value is -1.88. The number of carboxylic acid groups (broad SMARTS) is 1. The van der Waals surface area contributed by atoms with Crippen LogP contribution >= 0.6 is 0 Å². The molecule has 2 saturated carbocycles. The van der Waals surface area contributed by atoms with Gasteiger partial charge < -0.3 is 14.8 Å². The second-order valence-electron chi connectivity index (χ2n) is 7.71. The lowest BCUT2D eigenvalue weighted by Crippen LogP contribution is -2.50. The number of fused-ring (bicyclic) bond motifs is 1. The molecule has 0 radical (unpaired) electrons. The first-order valence-corrected chi connectivity index (χ1v) is 8.94. The highest BCUT2D eigenvalue weighted by molar-refractivity contribution is 5.70. The van der Waals surface area contributed by atoms with E-state index < -0.39 is 5.97 Å². The summed E-state index contributed by atoms with van der Waals surface area (Å²) in [7, 11) is 0. The number of carbonyl (C=O) groups is 1. The van der Waals surface area contributed by atoms with Crippen molar-refractivity contribution in [2.45, 2.75) is 58.0 Å². The van der Waals surface area contributed by atoms with E-state index in [1.807, 2.05) is 18.3 Å². The van der Waals surface area contributed by atoms with Crippen molar-refractivity contribution in [2.24, 2.45) is 11.3 Å². The second kappa shape index (κ2) is 5.88. The third-order valence-electron chi connectivity index (χ3n) is 6.12. The predicted molar refractivity (Wildman–Crippen MR) is 91.8 cm³/mol. The third-order valence-corrected chi connectivity index (χ3v) is 6.12. The Bertz CT molecular complexity index is 751. The zero-order chi connectivity index (χ0) is 16.7. The highest BCUT2D eigenvalue weighted by Gasteiger charge is 2.46. The van der Waals surface area contributed by atoms with Crippen LogP contribution in [0, 0.1) is 18.3 Å². The molecule has 0 aromatic carbocycles. The van der Waals surface area contributed by atoms with Crippen molar-refractivity contribution in [3.05, 3.63) is 35.8 Å². The molecule has 2 heterocycles. The summed E-state index contributed by atoms with van der Waals surface area (Å²) in [5, 5.41) is 12.8. The minimum atomic E-state index is -0.609. The van der Waals surface area contributed by atoms with Gasteiger partial charge in [0.2, 0.25) is 0 Å². The van der Waals surface area contributed by atoms with Gasteiger partial charge in [-0.3, -0.25) is 4.79 Å². The van der Waals surface area contributed by atoms with E-state index in [1.165, 1.54) is 24.2 Å². The molecule has 0 atom stereocenters. The molecule has 2 fully saturated rings. The van der Waals surface area contributed by atoms with E-state index in [2.05, 4.69) is 27.7 Å². The minimum Gasteiger partial charge on any atom is -0.481 e. The molecule has 0 amide bonds. The fraction of sp³-hybridized carbons (Fsp3) is 0.579. The smallest absolute Gasteiger partial charge is 0.306 e. The van der Waals surface area contributed by atoms with Crippen molar-refractivity contribution >= 4 is 11.6 Å². The predicted octanol–water partition coefficient (Wildman–Crippen LogP) is 3.16. The van der Waals surface area contributed by atoms with E-state index in [9.17, 15) is 4.79 Å². The van der Waals surface area contributed by atoms with Gasteiger partial charge in [0.1, 0.15) is 5.65 Å². The standard InChI is InChI=1S/C19H25N3O2/c1-13-3-2-4-17-21-12-16(22(13)17)11-20-15-9-19(10-15)7-5-14(6-8-19)18(23)24/h2-4,12,14-15,20H,5-11H2,1H3,(H,23,24). The normalized spacial score (nSPS) is 29.7. The van der Waals surface area contributed by atoms with E-state index in [0.717, 1.165) is 37.9 Å². The molecule has 24 heavy (non-hydrogen) atoms. The molecule has 2 aromatic heterocycles. The van der Waals surface area contributed by atoms with Gasteiger partial charge in [0, 0.05) is 18.3 Å². The van der Waals surface area contributed by atoms with Gasteiger partial charge in [0.15, 0.2) is 0 Å². The average molecular weight is 327 g/mol. The van der Waals surface area contributed by atoms with Crippen LogP contribution in [0.2, 0.25) is 0 Å². The Labute approximate surface area is 142 Å². The van der Waals surface area contributed by atoms with Gasteiger partial charge in [-0.1, -0.05) is 6.07 Å². The van der Waals surface area contributed by atoms with Crippen molar-refractivity contribution in [3.8, 4) is 0 Å². The highest BCUT2D eigenvalue weighted by Crippen LogP contribution is 2.52. The van der Waals surface area contributed by atoms with E-state index >= 15 is 0 Å². The molecule has 2 aliphatic rings. The lowest BCUT2D eigenvalue weighted by Gasteiger charge is -2.51. The lowest BCUT2D eigenvalue weighted by atomic mass is 9.57. The molecule has 128 valence electrons. The first kappa shape index (κ1) is 15.6. The highest BCUT2D eigenvalue weighted by atomic mass is 16.4. The van der Waals surface area contributed by atoms with Crippen LogP contribution in [-0.4, -0.2) is 26.5 Å². The maximum absolute atomic E-state index is 11.1. The summed E-state index contributed by atoms with van der Waals surface area (Å²) < 4.78 is 2.21. The third kappa shape index (κ3) is 2.71. The summed E-state index contributed by atoms with van der Waals surface area (Å²) in [4.78, 5) is 15.6. The number of aromatic nitrogens is 2. The van der Waals surface area contributed by atoms with Gasteiger partial charge in [-0.05, 0) is 63.0 Å². The molecule has 1 spiro atoms. The Morgan fingerprint density at radius 1 is 1.38 bits per heavy atom. The first-order chi connectivity index (χ1) is 11.6. The topological polar surface area (TPSA) is 66.6 Å². The summed E-state index contributed by atoms with van der Waals surface area (Å²) >= 11 is 0. The molecule has 0 bridgehead atoms. The van der Waals surface area contributed by atoms with Crippen molar-refractivity contribution < 1.29 is 9.90 Å². The largest absolute Gasteiger partial charge is 0.481 e. The van der Waals surface area contributed by atoms with Gasteiger partial charge in [0.25, 0.3) is 0 Å². The molecule has 0 aliphatic heterocycles. The van der Waals surface area contributed by atoms with E-state index in [4.69, 9.17) is 5.11 Å². The summed E-state index contributed by atoms with van der Waals surface area (Å²) in [5.41, 5.74) is 3.83. The Balaban J connectivity index is 1.32. The Kier molecular flexibility index (Phi) is 3.83. The molecule has 0 unspecified atom stereocenters. The van der Waals surface area contributed by atoms with Crippen molar-refractivity contribution in [3.63, 3.8) is 0 Å². The number of aryl methyl sites for hydroxylation is 1. The maximum Gasteiger partial charge on any atom is 0.306 e. The van der Waals surface area contributed by atoms with Crippen molar-refractivity contribution in [1.82, 2.24) is 14.7 Å². The van der Waals surface area contributed by atoms with E-state index in [1.54, 1.807) is 0 Å². The summed E-state index contributed by atoms with van der Waals surface area (Å²) in [6.07, 6.45) is 8.21. The van der Waals surface area contributed by atoms with E-state index in [-0.39, 0.29) is 5.92 Å². The number of hydrogen-bond donors (Lipinski definition) is 2. The number of aliphatic carboxylic acids is 1. The molecule has 2 aromatic rings. The van der Waals surface area contributed by atoms with Gasteiger partial charge in [-0.2, -0.15) is 0 Å². The first-order valence-electron chi connectivity index (χ1n) is 8.94. The van der Waals surface area contributed by atoms with Crippen LogP contribution in [-0.2, 0) is 11.3 Å². The van der Waals surface area contributed by atoms with E-state index in [0.29, 0.717) is 11.5 Å². The Morgan fingerprint density at radius 2 is 2.12 bits per heavy atom. The monoisotopic (exact) mass is 327 g/mol. The SMILES string of the molecule is Cc1cccc2ncc(CNC3CC4(CCC(C(=O)O)CC4)C3)n12. The maximum atomic E-state index is 11.1. The number of pyridine rings is 1. The zero-order valence-corrected chi connectivity index (χ0v) is 14.2. The molecule has 2 aliphatic carbocycles. The molecule has 4 rings (SSSR count). The fourth-order valence-electron chi connectivity index (χ4n) is 4.66. The fourth-order valence-corrected chi connectivity index (χ4v) is 4.66. The zero-order valence-electron chi connectivity index (χ0n) is 14.2. The molecule has 5 heteroatoms. The van der Waals surface area contributed by atoms with Crippen LogP contribution in [0.5, 0.6) is 0 Å². The lowest BCUT2D eigenvalue weighted by molar-refractivity contribution is -0.144. The molecule has 5 nitrogen and oxygen atoms in total. The Morgan fingerprint density at radius 3 is 2.83 bits per heavy atom. The van der Waals surface area contributed by atoms with Crippen LogP contribution in [0.4, 0.5) is 0 Å². The summed E-state index contributed by atoms with van der Waals surface area (Å²) in [6.45, 7) is 2.95. The number of nitrogens with zero attached hydrogens (tertiary/aromatic N) is 2. The van der Waals surface area contributed by atoms with Gasteiger partial charge in [-0.15, -0.1) is 0 Å². The van der Waals surface area contributed by atoms with Crippen molar-refractivity contribution in [1.29, 1.82) is 0 Å². The number of rotatable bonds is 4. The number of carboxylic acids is 1. The average Bonchev–Trinajstić information content (AvgIpc) is 2.96.